The van der Waals surface area contributed by atoms with E-state index in [9.17, 15) is 4.39 Å². The van der Waals surface area contributed by atoms with Gasteiger partial charge in [0.05, 0.1) is 11.6 Å². The van der Waals surface area contributed by atoms with Crippen LogP contribution in [0.5, 0.6) is 0 Å². The van der Waals surface area contributed by atoms with Gasteiger partial charge in [0.1, 0.15) is 6.73 Å². The van der Waals surface area contributed by atoms with Crippen molar-refractivity contribution in [2.24, 2.45) is 0 Å². The van der Waals surface area contributed by atoms with Crippen molar-refractivity contribution in [3.8, 4) is 22.5 Å². The summed E-state index contributed by atoms with van der Waals surface area (Å²) in [6.07, 6.45) is 4.77. The van der Waals surface area contributed by atoms with Crippen LogP contribution in [0.2, 0.25) is 0 Å². The topological polar surface area (TPSA) is 51.1 Å². The van der Waals surface area contributed by atoms with E-state index in [2.05, 4.69) is 45.8 Å². The van der Waals surface area contributed by atoms with Gasteiger partial charge in [0.25, 0.3) is 0 Å². The first kappa shape index (κ1) is 20.3. The maximum atomic E-state index is 14.6. The number of hydrogen-bond acceptors (Lipinski definition) is 5. The molecule has 4 aromatic rings. The van der Waals surface area contributed by atoms with Gasteiger partial charge in [-0.25, -0.2) is 15.0 Å². The summed E-state index contributed by atoms with van der Waals surface area (Å²) in [5.74, 6) is -0.00903. The van der Waals surface area contributed by atoms with Crippen molar-refractivity contribution in [1.82, 2.24) is 15.0 Å². The van der Waals surface area contributed by atoms with E-state index in [-0.39, 0.29) is 11.6 Å². The minimum atomic E-state index is -0.523. The smallest absolute Gasteiger partial charge is 0.220 e. The summed E-state index contributed by atoms with van der Waals surface area (Å²) in [6.45, 7) is 4.71. The zero-order valence-electron chi connectivity index (χ0n) is 17.9. The first-order chi connectivity index (χ1) is 15.5. The van der Waals surface area contributed by atoms with Crippen LogP contribution in [-0.4, -0.2) is 27.3 Å². The van der Waals surface area contributed by atoms with Crippen LogP contribution in [0.4, 0.5) is 10.1 Å². The fourth-order valence-corrected chi connectivity index (χ4v) is 4.26. The van der Waals surface area contributed by atoms with Gasteiger partial charge < -0.3 is 9.64 Å². The largest absolute Gasteiger partial charge is 0.353 e. The molecule has 0 spiro atoms. The van der Waals surface area contributed by atoms with Gasteiger partial charge in [-0.15, -0.1) is 0 Å². The van der Waals surface area contributed by atoms with Crippen molar-refractivity contribution in [3.05, 3.63) is 96.8 Å². The Hall–Kier alpha value is -3.64. The van der Waals surface area contributed by atoms with Crippen molar-refractivity contribution >= 4 is 5.69 Å². The highest BCUT2D eigenvalue weighted by Gasteiger charge is 2.42. The Bertz CT molecular complexity index is 1210. The van der Waals surface area contributed by atoms with E-state index in [0.29, 0.717) is 23.7 Å². The van der Waals surface area contributed by atoms with Gasteiger partial charge in [-0.1, -0.05) is 42.5 Å². The monoisotopic (exact) mass is 426 g/mol. The summed E-state index contributed by atoms with van der Waals surface area (Å²) in [5.41, 5.74) is 3.71. The molecule has 1 atom stereocenters. The van der Waals surface area contributed by atoms with Crippen LogP contribution in [0.25, 0.3) is 22.5 Å². The summed E-state index contributed by atoms with van der Waals surface area (Å²) >= 11 is 0. The van der Waals surface area contributed by atoms with Crippen LogP contribution in [0.3, 0.4) is 0 Å². The van der Waals surface area contributed by atoms with Gasteiger partial charge in [0.15, 0.2) is 5.82 Å². The Morgan fingerprint density at radius 3 is 2.34 bits per heavy atom. The number of rotatable bonds is 4. The zero-order chi connectivity index (χ0) is 22.1. The van der Waals surface area contributed by atoms with Gasteiger partial charge >= 0.3 is 0 Å². The van der Waals surface area contributed by atoms with E-state index >= 15 is 0 Å². The molecule has 0 radical (unpaired) electrons. The second-order valence-corrected chi connectivity index (χ2v) is 8.34. The molecule has 5 nitrogen and oxygen atoms in total. The van der Waals surface area contributed by atoms with Gasteiger partial charge in [0, 0.05) is 35.4 Å². The first-order valence-corrected chi connectivity index (χ1v) is 10.5. The molecule has 3 heterocycles. The molecule has 160 valence electrons. The number of nitrogens with zero attached hydrogens (tertiary/aromatic N) is 4. The molecular formula is C26H23FN4O. The molecule has 32 heavy (non-hydrogen) atoms. The molecule has 1 fully saturated rings. The third-order valence-corrected chi connectivity index (χ3v) is 5.83. The van der Waals surface area contributed by atoms with E-state index in [0.717, 1.165) is 11.3 Å². The van der Waals surface area contributed by atoms with Crippen molar-refractivity contribution in [1.29, 1.82) is 0 Å². The maximum absolute atomic E-state index is 14.6. The highest BCUT2D eigenvalue weighted by Crippen LogP contribution is 2.43. The molecular weight excluding hydrogens is 403 g/mol. The van der Waals surface area contributed by atoms with Crippen molar-refractivity contribution in [2.75, 3.05) is 11.6 Å². The van der Waals surface area contributed by atoms with Gasteiger partial charge in [-0.3, -0.25) is 0 Å². The van der Waals surface area contributed by atoms with Crippen LogP contribution < -0.4 is 4.90 Å². The van der Waals surface area contributed by atoms with Gasteiger partial charge in [-0.05, 0) is 49.2 Å². The molecule has 5 rings (SSSR count). The van der Waals surface area contributed by atoms with Gasteiger partial charge in [-0.2, -0.15) is 4.39 Å². The average Bonchev–Trinajstić information content (AvgIpc) is 3.15. The molecule has 0 bridgehead atoms. The molecule has 1 aliphatic rings. The number of ether oxygens (including phenoxy) is 1. The fraction of sp³-hybridized carbons (Fsp3) is 0.192. The number of anilines is 1. The number of pyridine rings is 1. The molecule has 2 aromatic heterocycles. The lowest BCUT2D eigenvalue weighted by Gasteiger charge is -2.32. The summed E-state index contributed by atoms with van der Waals surface area (Å²) in [4.78, 5) is 14.6. The van der Waals surface area contributed by atoms with Crippen LogP contribution in [0.1, 0.15) is 25.5 Å². The van der Waals surface area contributed by atoms with Crippen LogP contribution >= 0.6 is 0 Å². The summed E-state index contributed by atoms with van der Waals surface area (Å²) in [6, 6.07) is 21.7. The number of hydrogen-bond donors (Lipinski definition) is 0. The Morgan fingerprint density at radius 2 is 1.62 bits per heavy atom. The van der Waals surface area contributed by atoms with E-state index in [1.165, 1.54) is 11.8 Å². The van der Waals surface area contributed by atoms with Crippen LogP contribution in [-0.2, 0) is 4.74 Å². The molecule has 2 aromatic carbocycles. The van der Waals surface area contributed by atoms with Crippen LogP contribution in [0, 0.1) is 5.95 Å². The molecule has 0 amide bonds. The van der Waals surface area contributed by atoms with Gasteiger partial charge in [0.2, 0.25) is 5.95 Å². The van der Waals surface area contributed by atoms with E-state index < -0.39 is 5.95 Å². The number of halogens is 1. The first-order valence-electron chi connectivity index (χ1n) is 10.5. The summed E-state index contributed by atoms with van der Waals surface area (Å²) in [5, 5.41) is 0. The Kier molecular flexibility index (Phi) is 5.15. The Morgan fingerprint density at radius 1 is 0.906 bits per heavy atom. The standard InChI is InChI=1S/C26H23FN4O/c1-26(2)23(19-7-4-3-5-8-19)31(17-32-26)21-11-9-18(10-12-21)22-15-20(16-30-24(22)27)25-28-13-6-14-29-25/h3-16,23H,17H2,1-2H3/t23-/m0/s1. The second-order valence-electron chi connectivity index (χ2n) is 8.34. The molecule has 0 aliphatic carbocycles. The van der Waals surface area contributed by atoms with Crippen molar-refractivity contribution in [2.45, 2.75) is 25.5 Å². The van der Waals surface area contributed by atoms with Crippen molar-refractivity contribution in [3.63, 3.8) is 0 Å². The Labute approximate surface area is 186 Å². The lowest BCUT2D eigenvalue weighted by molar-refractivity contribution is 0.0271. The third kappa shape index (κ3) is 3.74. The van der Waals surface area contributed by atoms with E-state index in [1.807, 2.05) is 42.5 Å². The second kappa shape index (κ2) is 8.13. The zero-order valence-corrected chi connectivity index (χ0v) is 17.9. The number of benzene rings is 2. The third-order valence-electron chi connectivity index (χ3n) is 5.83. The maximum Gasteiger partial charge on any atom is 0.220 e. The van der Waals surface area contributed by atoms with E-state index in [1.54, 1.807) is 24.5 Å². The highest BCUT2D eigenvalue weighted by molar-refractivity contribution is 5.71. The van der Waals surface area contributed by atoms with Crippen LogP contribution in [0.15, 0.2) is 85.3 Å². The molecule has 0 N–H and O–H groups in total. The van der Waals surface area contributed by atoms with E-state index in [4.69, 9.17) is 4.74 Å². The molecule has 0 unspecified atom stereocenters. The fourth-order valence-electron chi connectivity index (χ4n) is 4.26. The average molecular weight is 426 g/mol. The molecule has 1 saturated heterocycles. The summed E-state index contributed by atoms with van der Waals surface area (Å²) < 4.78 is 20.7. The highest BCUT2D eigenvalue weighted by atomic mass is 19.1. The quantitative estimate of drug-likeness (QED) is 0.394. The minimum absolute atomic E-state index is 0.0755. The summed E-state index contributed by atoms with van der Waals surface area (Å²) in [7, 11) is 0. The minimum Gasteiger partial charge on any atom is -0.353 e. The normalized spacial score (nSPS) is 17.5. The molecule has 6 heteroatoms. The Balaban J connectivity index is 1.47. The van der Waals surface area contributed by atoms with Crippen molar-refractivity contribution < 1.29 is 9.13 Å². The SMILES string of the molecule is CC1(C)OCN(c2ccc(-c3cc(-c4ncccn4)cnc3F)cc2)[C@H]1c1ccccc1. The molecule has 0 saturated carbocycles. The lowest BCUT2D eigenvalue weighted by Crippen LogP contribution is -2.33. The lowest BCUT2D eigenvalue weighted by atomic mass is 9.91. The predicted octanol–water partition coefficient (Wildman–Crippen LogP) is 5.66. The predicted molar refractivity (Wildman–Crippen MR) is 122 cm³/mol. The molecule has 1 aliphatic heterocycles. The number of aromatic nitrogens is 3.